The van der Waals surface area contributed by atoms with E-state index in [0.29, 0.717) is 46.7 Å². The molecule has 1 aliphatic rings. The topological polar surface area (TPSA) is 199 Å². The van der Waals surface area contributed by atoms with E-state index in [0.717, 1.165) is 85.4 Å². The molecule has 0 bridgehead atoms. The molecule has 0 unspecified atom stereocenters. The molecule has 0 atom stereocenters. The van der Waals surface area contributed by atoms with Crippen LogP contribution < -0.4 is 21.1 Å². The van der Waals surface area contributed by atoms with E-state index < -0.39 is 0 Å². The van der Waals surface area contributed by atoms with Crippen LogP contribution in [0.15, 0.2) is 97.3 Å². The third kappa shape index (κ3) is 10.1. The highest BCUT2D eigenvalue weighted by Crippen LogP contribution is 2.34. The summed E-state index contributed by atoms with van der Waals surface area (Å²) in [7, 11) is 0. The number of nitrogens with two attached hydrogens (primary N) is 2. The minimum Gasteiger partial charge on any atom is -0.475 e. The lowest BCUT2D eigenvalue weighted by Crippen LogP contribution is -2.37. The van der Waals surface area contributed by atoms with Crippen molar-refractivity contribution in [2.45, 2.75) is 46.6 Å². The third-order valence-electron chi connectivity index (χ3n) is 9.55. The summed E-state index contributed by atoms with van der Waals surface area (Å²) in [6, 6.07) is 30.9. The number of nitrogen functional groups attached to an aromatic ring is 2. The molecule has 1 saturated heterocycles. The summed E-state index contributed by atoms with van der Waals surface area (Å²) in [5, 5.41) is 20.0. The monoisotopic (exact) mass is 859 g/mol. The number of ether oxygens (including phenoxy) is 2. The van der Waals surface area contributed by atoms with Crippen molar-refractivity contribution in [2.75, 3.05) is 42.7 Å². The second-order valence-corrected chi connectivity index (χ2v) is 16.4. The Morgan fingerprint density at radius 2 is 1.21 bits per heavy atom. The number of anilines is 3. The molecule has 0 saturated carbocycles. The average molecular weight is 860 g/mol. The fourth-order valence-corrected chi connectivity index (χ4v) is 8.88. The molecule has 13 nitrogen and oxygen atoms in total. The van der Waals surface area contributed by atoms with Crippen LogP contribution in [0, 0.1) is 22.7 Å². The standard InChI is InChI=1S/C23H20N6OS.C22H19N5OS.C2H6/c24-14-15-3-1-4-16(11-15)21-27-20(25)19-13-18(31-23(19)28-21)12-17-5-2-6-26-22(17)29-7-9-30-10-8-29;1-13(2)28-21-16(7-4-8-25-21)10-17-11-18-19(24)26-20(27-22(18)29-17)15-6-3-5-14(9-15)12-23;1-2/h1-6,11,13H,7-10,12H2,(H2,25,27,28);3-9,11,13H,10H2,1-2H3,(H2,24,26,27);1-2H3. The Hall–Kier alpha value is -7.04. The van der Waals surface area contributed by atoms with Crippen molar-refractivity contribution in [3.8, 4) is 40.8 Å². The van der Waals surface area contributed by atoms with Gasteiger partial charge in [0.2, 0.25) is 5.88 Å². The summed E-state index contributed by atoms with van der Waals surface area (Å²) < 4.78 is 11.3. The lowest BCUT2D eigenvalue weighted by Gasteiger charge is -2.29. The Kier molecular flexibility index (Phi) is 13.9. The molecule has 9 rings (SSSR count). The van der Waals surface area contributed by atoms with Crippen LogP contribution in [0.2, 0.25) is 0 Å². The molecule has 312 valence electrons. The first-order chi connectivity index (χ1) is 30.2. The largest absolute Gasteiger partial charge is 0.475 e. The van der Waals surface area contributed by atoms with Gasteiger partial charge in [-0.2, -0.15) is 10.5 Å². The zero-order chi connectivity index (χ0) is 43.6. The number of aromatic nitrogens is 6. The van der Waals surface area contributed by atoms with Crippen LogP contribution in [0.3, 0.4) is 0 Å². The second kappa shape index (κ2) is 20.0. The first-order valence-corrected chi connectivity index (χ1v) is 21.9. The molecule has 0 aliphatic carbocycles. The van der Waals surface area contributed by atoms with E-state index in [1.54, 1.807) is 53.1 Å². The fourth-order valence-electron chi connectivity index (χ4n) is 6.77. The van der Waals surface area contributed by atoms with Gasteiger partial charge in [-0.1, -0.05) is 50.2 Å². The van der Waals surface area contributed by atoms with Crippen LogP contribution in [0.1, 0.15) is 59.7 Å². The Morgan fingerprint density at radius 1 is 0.694 bits per heavy atom. The molecule has 2 aromatic carbocycles. The number of thiophene rings is 2. The van der Waals surface area contributed by atoms with Crippen LogP contribution >= 0.6 is 22.7 Å². The van der Waals surface area contributed by atoms with E-state index in [-0.39, 0.29) is 6.10 Å². The van der Waals surface area contributed by atoms with Crippen molar-refractivity contribution in [2.24, 2.45) is 0 Å². The second-order valence-electron chi connectivity index (χ2n) is 14.2. The maximum atomic E-state index is 9.17. The number of pyridine rings is 2. The van der Waals surface area contributed by atoms with Gasteiger partial charge in [-0.25, -0.2) is 29.9 Å². The third-order valence-corrected chi connectivity index (χ3v) is 11.6. The Labute approximate surface area is 368 Å². The minimum atomic E-state index is 0.0549. The van der Waals surface area contributed by atoms with E-state index in [4.69, 9.17) is 36.4 Å². The molecule has 1 aliphatic heterocycles. The molecule has 8 aromatic rings. The van der Waals surface area contributed by atoms with E-state index in [1.807, 2.05) is 82.4 Å². The number of nitrogens with zero attached hydrogens (tertiary/aromatic N) is 9. The molecule has 1 fully saturated rings. The van der Waals surface area contributed by atoms with Gasteiger partial charge in [-0.05, 0) is 67.9 Å². The molecule has 15 heteroatoms. The van der Waals surface area contributed by atoms with Gasteiger partial charge in [-0.3, -0.25) is 0 Å². The quantitative estimate of drug-likeness (QED) is 0.139. The predicted octanol–water partition coefficient (Wildman–Crippen LogP) is 9.25. The van der Waals surface area contributed by atoms with Gasteiger partial charge >= 0.3 is 0 Å². The average Bonchev–Trinajstić information content (AvgIpc) is 3.92. The fraction of sp³-hybridized carbons (Fsp3) is 0.234. The van der Waals surface area contributed by atoms with Crippen molar-refractivity contribution in [3.05, 3.63) is 129 Å². The van der Waals surface area contributed by atoms with Gasteiger partial charge in [0.25, 0.3) is 0 Å². The van der Waals surface area contributed by atoms with Gasteiger partial charge in [-0.15, -0.1) is 22.7 Å². The number of benzene rings is 2. The van der Waals surface area contributed by atoms with Crippen molar-refractivity contribution in [1.82, 2.24) is 29.9 Å². The van der Waals surface area contributed by atoms with Gasteiger partial charge in [0.05, 0.1) is 53.4 Å². The normalized spacial score (nSPS) is 12.2. The number of fused-ring (bicyclic) bond motifs is 2. The van der Waals surface area contributed by atoms with Gasteiger partial charge in [0.1, 0.15) is 27.1 Å². The minimum absolute atomic E-state index is 0.0549. The van der Waals surface area contributed by atoms with Crippen molar-refractivity contribution in [1.29, 1.82) is 10.5 Å². The van der Waals surface area contributed by atoms with Crippen LogP contribution in [-0.4, -0.2) is 62.3 Å². The summed E-state index contributed by atoms with van der Waals surface area (Å²) in [6.45, 7) is 11.1. The number of rotatable bonds is 9. The molecular weight excluding hydrogens is 815 g/mol. The summed E-state index contributed by atoms with van der Waals surface area (Å²) in [6.07, 6.45) is 5.05. The molecular formula is C47H45N11O2S2. The highest BCUT2D eigenvalue weighted by atomic mass is 32.1. The van der Waals surface area contributed by atoms with Gasteiger partial charge in [0, 0.05) is 64.8 Å². The van der Waals surface area contributed by atoms with Gasteiger partial charge < -0.3 is 25.8 Å². The first-order valence-electron chi connectivity index (χ1n) is 20.2. The number of hydrogen-bond donors (Lipinski definition) is 2. The Balaban J connectivity index is 0.000000180. The van der Waals surface area contributed by atoms with Crippen molar-refractivity contribution >= 4 is 60.6 Å². The summed E-state index contributed by atoms with van der Waals surface area (Å²) in [5.41, 5.74) is 17.4. The summed E-state index contributed by atoms with van der Waals surface area (Å²) in [4.78, 5) is 33.6. The van der Waals surface area contributed by atoms with Crippen molar-refractivity contribution in [3.63, 3.8) is 0 Å². The number of morpholine rings is 1. The van der Waals surface area contributed by atoms with E-state index in [1.165, 1.54) is 5.56 Å². The SMILES string of the molecule is CC.CC(C)Oc1ncccc1Cc1cc2c(N)nc(-c3cccc(C#N)c3)nc2s1.N#Cc1cccc(-c2nc(N)c3cc(Cc4cccnc4N4CCOCC4)sc3n2)c1. The van der Waals surface area contributed by atoms with E-state index in [2.05, 4.69) is 54.1 Å². The smallest absolute Gasteiger partial charge is 0.217 e. The summed E-state index contributed by atoms with van der Waals surface area (Å²) in [5.74, 6) is 3.59. The van der Waals surface area contributed by atoms with Crippen molar-refractivity contribution < 1.29 is 9.47 Å². The molecule has 0 radical (unpaired) electrons. The van der Waals surface area contributed by atoms with E-state index in [9.17, 15) is 0 Å². The first kappa shape index (κ1) is 43.1. The summed E-state index contributed by atoms with van der Waals surface area (Å²) >= 11 is 3.19. The van der Waals surface area contributed by atoms with E-state index >= 15 is 0 Å². The van der Waals surface area contributed by atoms with Gasteiger partial charge in [0.15, 0.2) is 11.6 Å². The Bertz CT molecular complexity index is 2910. The zero-order valence-electron chi connectivity index (χ0n) is 34.9. The van der Waals surface area contributed by atoms with Crippen LogP contribution in [-0.2, 0) is 17.6 Å². The molecule has 6 aromatic heterocycles. The Morgan fingerprint density at radius 3 is 1.74 bits per heavy atom. The maximum Gasteiger partial charge on any atom is 0.217 e. The maximum absolute atomic E-state index is 9.17. The predicted molar refractivity (Wildman–Crippen MR) is 248 cm³/mol. The molecule has 0 amide bonds. The molecule has 4 N–H and O–H groups in total. The van der Waals surface area contributed by atoms with Crippen LogP contribution in [0.5, 0.6) is 5.88 Å². The highest BCUT2D eigenvalue weighted by molar-refractivity contribution is 7.19. The zero-order valence-corrected chi connectivity index (χ0v) is 36.5. The molecule has 62 heavy (non-hydrogen) atoms. The number of hydrogen-bond acceptors (Lipinski definition) is 15. The number of nitriles is 2. The van der Waals surface area contributed by atoms with Crippen LogP contribution in [0.4, 0.5) is 17.5 Å². The molecule has 0 spiro atoms. The lowest BCUT2D eigenvalue weighted by atomic mass is 10.1. The lowest BCUT2D eigenvalue weighted by molar-refractivity contribution is 0.122. The highest BCUT2D eigenvalue weighted by Gasteiger charge is 2.19. The molecule has 7 heterocycles. The van der Waals surface area contributed by atoms with Crippen LogP contribution in [0.25, 0.3) is 43.2 Å².